The van der Waals surface area contributed by atoms with Gasteiger partial charge < -0.3 is 9.72 Å². The molecule has 0 aliphatic heterocycles. The lowest BCUT2D eigenvalue weighted by atomic mass is 10.0. The van der Waals surface area contributed by atoms with E-state index in [0.29, 0.717) is 12.0 Å². The molecule has 0 atom stereocenters. The zero-order valence-corrected chi connectivity index (χ0v) is 15.6. The Kier molecular flexibility index (Phi) is 5.25. The largest absolute Gasteiger partial charge is 0.417 e. The Morgan fingerprint density at radius 3 is 2.62 bits per heavy atom. The highest BCUT2D eigenvalue weighted by Crippen LogP contribution is 2.30. The lowest BCUT2D eigenvalue weighted by Crippen LogP contribution is -2.10. The molecule has 29 heavy (non-hydrogen) atoms. The maximum Gasteiger partial charge on any atom is 0.417 e. The van der Waals surface area contributed by atoms with Crippen LogP contribution in [-0.4, -0.2) is 24.9 Å². The number of imidazole rings is 1. The normalized spacial score (nSPS) is 15.3. The first-order valence-corrected chi connectivity index (χ1v) is 9.58. The van der Waals surface area contributed by atoms with Crippen molar-refractivity contribution in [1.82, 2.24) is 24.9 Å². The number of aromatic nitrogens is 5. The zero-order valence-electron chi connectivity index (χ0n) is 15.6. The molecule has 0 saturated heterocycles. The van der Waals surface area contributed by atoms with Gasteiger partial charge in [0, 0.05) is 18.7 Å². The van der Waals surface area contributed by atoms with Crippen LogP contribution in [0.1, 0.15) is 49.9 Å². The van der Waals surface area contributed by atoms with E-state index in [2.05, 4.69) is 24.9 Å². The molecule has 10 heteroatoms. The lowest BCUT2D eigenvalue weighted by molar-refractivity contribution is -0.137. The molecule has 3 aromatic rings. The average molecular weight is 407 g/mol. The van der Waals surface area contributed by atoms with Crippen LogP contribution < -0.4 is 10.3 Å². The first-order valence-electron chi connectivity index (χ1n) is 9.58. The van der Waals surface area contributed by atoms with Gasteiger partial charge in [0.05, 0.1) is 5.56 Å². The van der Waals surface area contributed by atoms with Gasteiger partial charge in [0.2, 0.25) is 5.88 Å². The van der Waals surface area contributed by atoms with Crippen molar-refractivity contribution < 1.29 is 17.9 Å². The second kappa shape index (κ2) is 7.84. The van der Waals surface area contributed by atoms with Gasteiger partial charge in [-0.3, -0.25) is 9.78 Å². The van der Waals surface area contributed by atoms with E-state index in [1.807, 2.05) is 0 Å². The number of fused-ring (bicyclic) bond motifs is 1. The summed E-state index contributed by atoms with van der Waals surface area (Å²) in [5.74, 6) is 1.35. The molecule has 154 valence electrons. The summed E-state index contributed by atoms with van der Waals surface area (Å²) in [6.07, 6.45) is 4.23. The van der Waals surface area contributed by atoms with E-state index < -0.39 is 17.3 Å². The fourth-order valence-corrected chi connectivity index (χ4v) is 3.67. The molecular weight excluding hydrogens is 387 g/mol. The molecule has 2 N–H and O–H groups in total. The monoisotopic (exact) mass is 407 g/mol. The van der Waals surface area contributed by atoms with Crippen LogP contribution in [0.2, 0.25) is 0 Å². The topological polar surface area (TPSA) is 96.6 Å². The number of hydrogen-bond acceptors (Lipinski definition) is 5. The molecule has 1 saturated carbocycles. The SMILES string of the molecule is O=c1[nH]c(Oc2ccc(C(F)(F)F)cn2)nc2nc(CCCC3CCCC3)[nH]c12. The third-order valence-electron chi connectivity index (χ3n) is 5.15. The predicted octanol–water partition coefficient (Wildman–Crippen LogP) is 4.37. The highest BCUT2D eigenvalue weighted by Gasteiger charge is 2.30. The van der Waals surface area contributed by atoms with Gasteiger partial charge in [-0.25, -0.2) is 9.97 Å². The summed E-state index contributed by atoms with van der Waals surface area (Å²) in [4.78, 5) is 29.8. The number of hydrogen-bond donors (Lipinski definition) is 2. The van der Waals surface area contributed by atoms with Crippen LogP contribution in [0, 0.1) is 5.92 Å². The van der Waals surface area contributed by atoms with E-state index in [0.717, 1.165) is 37.3 Å². The van der Waals surface area contributed by atoms with Gasteiger partial charge in [-0.15, -0.1) is 0 Å². The summed E-state index contributed by atoms with van der Waals surface area (Å²) in [5, 5.41) is 0. The molecule has 0 aromatic carbocycles. The van der Waals surface area contributed by atoms with Crippen LogP contribution in [0.4, 0.5) is 13.2 Å². The van der Waals surface area contributed by atoms with Crippen LogP contribution >= 0.6 is 0 Å². The first kappa shape index (κ1) is 19.4. The van der Waals surface area contributed by atoms with E-state index in [1.165, 1.54) is 25.7 Å². The first-order chi connectivity index (χ1) is 13.9. The fraction of sp³-hybridized carbons (Fsp3) is 0.474. The van der Waals surface area contributed by atoms with Crippen LogP contribution in [0.15, 0.2) is 23.1 Å². The molecule has 7 nitrogen and oxygen atoms in total. The van der Waals surface area contributed by atoms with Crippen molar-refractivity contribution in [2.45, 2.75) is 51.1 Å². The Labute approximate surface area is 163 Å². The Balaban J connectivity index is 1.45. The fourth-order valence-electron chi connectivity index (χ4n) is 3.67. The summed E-state index contributed by atoms with van der Waals surface area (Å²) in [6, 6.07) is 1.72. The summed E-state index contributed by atoms with van der Waals surface area (Å²) in [5.41, 5.74) is -0.914. The third kappa shape index (κ3) is 4.57. The standard InChI is InChI=1S/C19H20F3N5O2/c20-19(21,22)12-8-9-14(23-10-12)29-18-26-16-15(17(28)27-18)24-13(25-16)7-3-6-11-4-1-2-5-11/h8-11H,1-7H2,(H2,24,25,26,27,28). The summed E-state index contributed by atoms with van der Waals surface area (Å²) < 4.78 is 43.1. The van der Waals surface area contributed by atoms with Crippen molar-refractivity contribution in [3.8, 4) is 11.9 Å². The van der Waals surface area contributed by atoms with E-state index in [4.69, 9.17) is 4.74 Å². The maximum absolute atomic E-state index is 12.6. The van der Waals surface area contributed by atoms with Gasteiger partial charge >= 0.3 is 12.2 Å². The molecule has 0 spiro atoms. The highest BCUT2D eigenvalue weighted by molar-refractivity contribution is 5.69. The summed E-state index contributed by atoms with van der Waals surface area (Å²) >= 11 is 0. The Morgan fingerprint density at radius 1 is 1.14 bits per heavy atom. The molecule has 3 heterocycles. The molecule has 0 amide bonds. The number of rotatable bonds is 6. The third-order valence-corrected chi connectivity index (χ3v) is 5.15. The van der Waals surface area contributed by atoms with Gasteiger partial charge in [0.1, 0.15) is 5.82 Å². The quantitative estimate of drug-likeness (QED) is 0.633. The van der Waals surface area contributed by atoms with E-state index in [-0.39, 0.29) is 23.1 Å². The number of aromatic amines is 2. The minimum absolute atomic E-state index is 0.118. The van der Waals surface area contributed by atoms with Crippen molar-refractivity contribution in [3.63, 3.8) is 0 Å². The van der Waals surface area contributed by atoms with Crippen molar-refractivity contribution in [1.29, 1.82) is 0 Å². The van der Waals surface area contributed by atoms with E-state index >= 15 is 0 Å². The number of H-pyrrole nitrogens is 2. The number of halogens is 3. The van der Waals surface area contributed by atoms with Gasteiger partial charge in [-0.1, -0.05) is 32.1 Å². The van der Waals surface area contributed by atoms with Crippen LogP contribution in [0.25, 0.3) is 11.2 Å². The van der Waals surface area contributed by atoms with Gasteiger partial charge in [-0.05, 0) is 18.4 Å². The van der Waals surface area contributed by atoms with E-state index in [9.17, 15) is 18.0 Å². The molecule has 3 aromatic heterocycles. The predicted molar refractivity (Wildman–Crippen MR) is 98.7 cm³/mol. The van der Waals surface area contributed by atoms with Crippen molar-refractivity contribution in [2.24, 2.45) is 5.92 Å². The number of alkyl halides is 3. The van der Waals surface area contributed by atoms with Crippen LogP contribution in [0.5, 0.6) is 11.9 Å². The molecule has 1 fully saturated rings. The average Bonchev–Trinajstić information content (AvgIpc) is 3.31. The molecule has 0 unspecified atom stereocenters. The van der Waals surface area contributed by atoms with Crippen molar-refractivity contribution in [3.05, 3.63) is 40.1 Å². The number of nitrogens with zero attached hydrogens (tertiary/aromatic N) is 3. The second-order valence-electron chi connectivity index (χ2n) is 7.28. The second-order valence-corrected chi connectivity index (χ2v) is 7.28. The number of nitrogens with one attached hydrogen (secondary N) is 2. The Hall–Kier alpha value is -2.91. The highest BCUT2D eigenvalue weighted by atomic mass is 19.4. The summed E-state index contributed by atoms with van der Waals surface area (Å²) in [6.45, 7) is 0. The Morgan fingerprint density at radius 2 is 1.93 bits per heavy atom. The van der Waals surface area contributed by atoms with Gasteiger partial charge in [0.25, 0.3) is 5.56 Å². The number of aryl methyl sites for hydroxylation is 1. The maximum atomic E-state index is 12.6. The van der Waals surface area contributed by atoms with Crippen molar-refractivity contribution >= 4 is 11.2 Å². The molecule has 0 radical (unpaired) electrons. The number of pyridine rings is 1. The zero-order chi connectivity index (χ0) is 20.4. The lowest BCUT2D eigenvalue weighted by Gasteiger charge is -2.07. The molecular formula is C19H20F3N5O2. The molecule has 1 aliphatic rings. The van der Waals surface area contributed by atoms with Crippen LogP contribution in [0.3, 0.4) is 0 Å². The van der Waals surface area contributed by atoms with E-state index in [1.54, 1.807) is 0 Å². The molecule has 0 bridgehead atoms. The van der Waals surface area contributed by atoms with Crippen molar-refractivity contribution in [2.75, 3.05) is 0 Å². The summed E-state index contributed by atoms with van der Waals surface area (Å²) in [7, 11) is 0. The minimum Gasteiger partial charge on any atom is -0.406 e. The molecule has 1 aliphatic carbocycles. The smallest absolute Gasteiger partial charge is 0.406 e. The van der Waals surface area contributed by atoms with Crippen LogP contribution in [-0.2, 0) is 12.6 Å². The molecule has 4 rings (SSSR count). The minimum atomic E-state index is -4.49. The van der Waals surface area contributed by atoms with Gasteiger partial charge in [0.15, 0.2) is 11.2 Å². The Bertz CT molecular complexity index is 1040. The van der Waals surface area contributed by atoms with Gasteiger partial charge in [-0.2, -0.15) is 18.2 Å². The number of ether oxygens (including phenoxy) is 1.